The van der Waals surface area contributed by atoms with Crippen LogP contribution in [0.4, 0.5) is 0 Å². The van der Waals surface area contributed by atoms with Crippen molar-refractivity contribution in [2.75, 3.05) is 13.1 Å². The molecule has 0 aromatic carbocycles. The number of piperidine rings is 1. The topological polar surface area (TPSA) is 28.4 Å². The molecule has 3 heteroatoms. The maximum Gasteiger partial charge on any atom is 0.0947 e. The molecule has 1 N–H and O–H groups in total. The van der Waals surface area contributed by atoms with Crippen molar-refractivity contribution in [3.63, 3.8) is 0 Å². The molecule has 1 aromatic heterocycles. The monoisotopic (exact) mass is 222 g/mol. The summed E-state index contributed by atoms with van der Waals surface area (Å²) in [5, 5.41) is 3.55. The number of likely N-dealkylation sites (tertiary alicyclic amines) is 1. The highest BCUT2D eigenvalue weighted by Gasteiger charge is 2.24. The summed E-state index contributed by atoms with van der Waals surface area (Å²) >= 11 is 0. The maximum atomic E-state index is 5.11. The Balaban J connectivity index is 1.84. The molecule has 2 atom stereocenters. The lowest BCUT2D eigenvalue weighted by Gasteiger charge is -2.37. The lowest BCUT2D eigenvalue weighted by molar-refractivity contribution is 0.129. The van der Waals surface area contributed by atoms with Gasteiger partial charge in [0.05, 0.1) is 12.5 Å². The number of hydrogen-bond donors (Lipinski definition) is 1. The summed E-state index contributed by atoms with van der Waals surface area (Å²) in [5.41, 5.74) is 1.29. The van der Waals surface area contributed by atoms with E-state index in [1.807, 2.05) is 6.26 Å². The molecule has 0 radical (unpaired) electrons. The van der Waals surface area contributed by atoms with Crippen LogP contribution in [0.25, 0.3) is 0 Å². The van der Waals surface area contributed by atoms with E-state index in [0.717, 1.165) is 13.1 Å². The lowest BCUT2D eigenvalue weighted by atomic mass is 9.98. The average molecular weight is 222 g/mol. The van der Waals surface area contributed by atoms with Crippen LogP contribution in [0.2, 0.25) is 0 Å². The SMILES string of the molecule is CCNC1CCN(Cc2ccoc2)C(C)C1. The Morgan fingerprint density at radius 3 is 3.06 bits per heavy atom. The highest BCUT2D eigenvalue weighted by Crippen LogP contribution is 2.19. The second kappa shape index (κ2) is 5.51. The Morgan fingerprint density at radius 1 is 1.56 bits per heavy atom. The normalized spacial score (nSPS) is 27.1. The van der Waals surface area contributed by atoms with Gasteiger partial charge in [-0.3, -0.25) is 4.90 Å². The highest BCUT2D eigenvalue weighted by atomic mass is 16.3. The molecule has 0 spiro atoms. The molecule has 0 amide bonds. The van der Waals surface area contributed by atoms with Gasteiger partial charge in [0.2, 0.25) is 0 Å². The van der Waals surface area contributed by atoms with Crippen molar-refractivity contribution in [1.29, 1.82) is 0 Å². The predicted octanol–water partition coefficient (Wildman–Crippen LogP) is 2.24. The van der Waals surface area contributed by atoms with Crippen LogP contribution >= 0.6 is 0 Å². The van der Waals surface area contributed by atoms with Crippen LogP contribution in [-0.4, -0.2) is 30.1 Å². The molecule has 1 saturated heterocycles. The van der Waals surface area contributed by atoms with Gasteiger partial charge in [-0.1, -0.05) is 6.92 Å². The minimum atomic E-state index is 0.660. The Labute approximate surface area is 97.8 Å². The molecule has 1 fully saturated rings. The summed E-state index contributed by atoms with van der Waals surface area (Å²) < 4.78 is 5.11. The molecule has 1 aromatic rings. The van der Waals surface area contributed by atoms with Crippen molar-refractivity contribution in [3.8, 4) is 0 Å². The minimum absolute atomic E-state index is 0.660. The summed E-state index contributed by atoms with van der Waals surface area (Å²) in [4.78, 5) is 2.54. The van der Waals surface area contributed by atoms with E-state index in [4.69, 9.17) is 4.42 Å². The molecule has 2 unspecified atom stereocenters. The molecular weight excluding hydrogens is 200 g/mol. The van der Waals surface area contributed by atoms with Crippen molar-refractivity contribution < 1.29 is 4.42 Å². The van der Waals surface area contributed by atoms with Gasteiger partial charge in [0.15, 0.2) is 0 Å². The summed E-state index contributed by atoms with van der Waals surface area (Å²) in [6.07, 6.45) is 6.12. The van der Waals surface area contributed by atoms with Gasteiger partial charge in [0.25, 0.3) is 0 Å². The second-order valence-electron chi connectivity index (χ2n) is 4.73. The standard InChI is InChI=1S/C13H22N2O/c1-3-14-13-4-6-15(11(2)8-13)9-12-5-7-16-10-12/h5,7,10-11,13-14H,3-4,6,8-9H2,1-2H3. The molecule has 2 rings (SSSR count). The zero-order valence-electron chi connectivity index (χ0n) is 10.3. The smallest absolute Gasteiger partial charge is 0.0947 e. The van der Waals surface area contributed by atoms with Crippen molar-refractivity contribution in [2.45, 2.75) is 45.3 Å². The van der Waals surface area contributed by atoms with E-state index in [-0.39, 0.29) is 0 Å². The van der Waals surface area contributed by atoms with E-state index in [2.05, 4.69) is 30.1 Å². The summed E-state index contributed by atoms with van der Waals surface area (Å²) in [5.74, 6) is 0. The highest BCUT2D eigenvalue weighted by molar-refractivity contribution is 5.05. The van der Waals surface area contributed by atoms with Crippen molar-refractivity contribution >= 4 is 0 Å². The minimum Gasteiger partial charge on any atom is -0.472 e. The van der Waals surface area contributed by atoms with Crippen molar-refractivity contribution in [3.05, 3.63) is 24.2 Å². The molecule has 1 aliphatic heterocycles. The van der Waals surface area contributed by atoms with E-state index in [9.17, 15) is 0 Å². The van der Waals surface area contributed by atoms with Crippen LogP contribution in [0, 0.1) is 0 Å². The number of nitrogens with zero attached hydrogens (tertiary/aromatic N) is 1. The van der Waals surface area contributed by atoms with Crippen LogP contribution in [-0.2, 0) is 6.54 Å². The van der Waals surface area contributed by atoms with Gasteiger partial charge in [0.1, 0.15) is 0 Å². The summed E-state index contributed by atoms with van der Waals surface area (Å²) in [7, 11) is 0. The number of nitrogens with one attached hydrogen (secondary N) is 1. The molecule has 1 aliphatic rings. The summed E-state index contributed by atoms with van der Waals surface area (Å²) in [6, 6.07) is 3.43. The third-order valence-corrected chi connectivity index (χ3v) is 3.47. The first-order chi connectivity index (χ1) is 7.79. The second-order valence-corrected chi connectivity index (χ2v) is 4.73. The van der Waals surface area contributed by atoms with Gasteiger partial charge in [-0.25, -0.2) is 0 Å². The first-order valence-electron chi connectivity index (χ1n) is 6.28. The number of furan rings is 1. The molecule has 0 aliphatic carbocycles. The lowest BCUT2D eigenvalue weighted by Crippen LogP contribution is -2.46. The van der Waals surface area contributed by atoms with Crippen LogP contribution in [0.1, 0.15) is 32.3 Å². The Kier molecular flexibility index (Phi) is 4.02. The third-order valence-electron chi connectivity index (χ3n) is 3.47. The molecule has 16 heavy (non-hydrogen) atoms. The van der Waals surface area contributed by atoms with E-state index in [0.29, 0.717) is 12.1 Å². The van der Waals surface area contributed by atoms with Gasteiger partial charge in [0, 0.05) is 30.7 Å². The third kappa shape index (κ3) is 2.86. The fourth-order valence-electron chi connectivity index (χ4n) is 2.55. The molecule has 2 heterocycles. The quantitative estimate of drug-likeness (QED) is 0.847. The van der Waals surface area contributed by atoms with Gasteiger partial charge >= 0.3 is 0 Å². The van der Waals surface area contributed by atoms with Gasteiger partial charge in [-0.15, -0.1) is 0 Å². The van der Waals surface area contributed by atoms with Crippen LogP contribution < -0.4 is 5.32 Å². The molecular formula is C13H22N2O. The summed E-state index contributed by atoms with van der Waals surface area (Å²) in [6.45, 7) is 7.80. The van der Waals surface area contributed by atoms with Gasteiger partial charge in [-0.05, 0) is 32.4 Å². The van der Waals surface area contributed by atoms with Crippen molar-refractivity contribution in [1.82, 2.24) is 10.2 Å². The van der Waals surface area contributed by atoms with E-state index >= 15 is 0 Å². The van der Waals surface area contributed by atoms with Crippen LogP contribution in [0.5, 0.6) is 0 Å². The predicted molar refractivity (Wildman–Crippen MR) is 65.3 cm³/mol. The van der Waals surface area contributed by atoms with E-state index in [1.165, 1.54) is 24.9 Å². The van der Waals surface area contributed by atoms with E-state index < -0.39 is 0 Å². The molecule has 90 valence electrons. The molecule has 3 nitrogen and oxygen atoms in total. The Bertz CT molecular complexity index is 297. The zero-order valence-corrected chi connectivity index (χ0v) is 10.3. The fraction of sp³-hybridized carbons (Fsp3) is 0.692. The largest absolute Gasteiger partial charge is 0.472 e. The zero-order chi connectivity index (χ0) is 11.4. The van der Waals surface area contributed by atoms with Gasteiger partial charge < -0.3 is 9.73 Å². The number of rotatable bonds is 4. The van der Waals surface area contributed by atoms with Gasteiger partial charge in [-0.2, -0.15) is 0 Å². The fourth-order valence-corrected chi connectivity index (χ4v) is 2.55. The molecule has 0 bridgehead atoms. The molecule has 0 saturated carbocycles. The first kappa shape index (κ1) is 11.7. The average Bonchev–Trinajstić information content (AvgIpc) is 2.75. The Morgan fingerprint density at radius 2 is 2.44 bits per heavy atom. The van der Waals surface area contributed by atoms with Crippen LogP contribution in [0.15, 0.2) is 23.0 Å². The first-order valence-corrected chi connectivity index (χ1v) is 6.28. The van der Waals surface area contributed by atoms with Crippen LogP contribution in [0.3, 0.4) is 0 Å². The maximum absolute atomic E-state index is 5.11. The number of hydrogen-bond acceptors (Lipinski definition) is 3. The van der Waals surface area contributed by atoms with Crippen molar-refractivity contribution in [2.24, 2.45) is 0 Å². The Hall–Kier alpha value is -0.800. The van der Waals surface area contributed by atoms with E-state index in [1.54, 1.807) is 6.26 Å².